The minimum atomic E-state index is 0. The van der Waals surface area contributed by atoms with Gasteiger partial charge in [0.15, 0.2) is 12.7 Å². The normalized spacial score (nSPS) is 9.90. The topological polar surface area (TPSA) is 27.7 Å². The monoisotopic (exact) mass is 338 g/mol. The molecular weight excluding hydrogens is 324 g/mol. The fourth-order valence-corrected chi connectivity index (χ4v) is 2.42. The number of nitriles is 1. The first-order valence-corrected chi connectivity index (χ1v) is 6.64. The van der Waals surface area contributed by atoms with E-state index in [-0.39, 0.29) is 17.0 Å². The number of nitrogens with zero attached hydrogens (tertiary/aromatic N) is 2. The van der Waals surface area contributed by atoms with Crippen molar-refractivity contribution in [3.63, 3.8) is 0 Å². The van der Waals surface area contributed by atoms with Crippen molar-refractivity contribution in [1.29, 1.82) is 5.26 Å². The molecule has 0 bridgehead atoms. The predicted octanol–water partition coefficient (Wildman–Crippen LogP) is 0.360. The highest BCUT2D eigenvalue weighted by molar-refractivity contribution is 5.76. The Morgan fingerprint density at radius 2 is 1.81 bits per heavy atom. The van der Waals surface area contributed by atoms with Crippen LogP contribution in [0.5, 0.6) is 0 Å². The number of hydrogen-bond donors (Lipinski definition) is 0. The van der Waals surface area contributed by atoms with Crippen molar-refractivity contribution in [2.24, 2.45) is 0 Å². The maximum absolute atomic E-state index is 8.83. The van der Waals surface area contributed by atoms with Gasteiger partial charge in [-0.25, -0.2) is 0 Å². The van der Waals surface area contributed by atoms with Gasteiger partial charge >= 0.3 is 0 Å². The maximum atomic E-state index is 8.83. The summed E-state index contributed by atoms with van der Waals surface area (Å²) in [6.45, 7) is 2.92. The summed E-state index contributed by atoms with van der Waals surface area (Å²) < 4.78 is 2.23. The Hall–Kier alpha value is -2.18. The van der Waals surface area contributed by atoms with E-state index in [9.17, 15) is 0 Å². The number of aromatic nitrogens is 1. The Morgan fingerprint density at radius 1 is 1.05 bits per heavy atom. The number of benzene rings is 2. The smallest absolute Gasteiger partial charge is 0.212 e. The molecule has 0 unspecified atom stereocenters. The molecule has 0 aliphatic heterocycles. The van der Waals surface area contributed by atoms with Crippen LogP contribution in [0.1, 0.15) is 16.7 Å². The van der Waals surface area contributed by atoms with Gasteiger partial charge in [0, 0.05) is 23.1 Å². The van der Waals surface area contributed by atoms with Crippen LogP contribution in [0.25, 0.3) is 10.9 Å². The van der Waals surface area contributed by atoms with Crippen molar-refractivity contribution in [2.75, 3.05) is 0 Å². The highest BCUT2D eigenvalue weighted by atomic mass is 79.9. The zero-order valence-corrected chi connectivity index (χ0v) is 13.3. The predicted molar refractivity (Wildman–Crippen MR) is 79.1 cm³/mol. The number of rotatable bonds is 2. The third-order valence-corrected chi connectivity index (χ3v) is 3.47. The minimum Gasteiger partial charge on any atom is -1.00 e. The van der Waals surface area contributed by atoms with E-state index in [0.29, 0.717) is 5.56 Å². The van der Waals surface area contributed by atoms with Crippen molar-refractivity contribution in [2.45, 2.75) is 13.5 Å². The fourth-order valence-electron chi connectivity index (χ4n) is 2.42. The fraction of sp³-hybridized carbons (Fsp3) is 0.111. The average molecular weight is 339 g/mol. The molecule has 21 heavy (non-hydrogen) atoms. The molecule has 0 amide bonds. The summed E-state index contributed by atoms with van der Waals surface area (Å²) in [6.07, 6.45) is 2.09. The summed E-state index contributed by atoms with van der Waals surface area (Å²) >= 11 is 0. The number of aryl methyl sites for hydroxylation is 1. The molecule has 1 aromatic heterocycles. The quantitative estimate of drug-likeness (QED) is 0.620. The van der Waals surface area contributed by atoms with Crippen LogP contribution < -0.4 is 21.5 Å². The maximum Gasteiger partial charge on any atom is 0.212 e. The number of fused-ring (bicyclic) bond motifs is 1. The SMILES string of the molecule is Cc1ccc2c(ccc[n+]2Cc2ccc(C#N)cc2)c1.[Br-]. The van der Waals surface area contributed by atoms with Gasteiger partial charge in [0.2, 0.25) is 5.52 Å². The highest BCUT2D eigenvalue weighted by Gasteiger charge is 2.09. The van der Waals surface area contributed by atoms with Crippen LogP contribution in [-0.2, 0) is 6.54 Å². The van der Waals surface area contributed by atoms with E-state index in [4.69, 9.17) is 5.26 Å². The molecule has 3 aromatic rings. The highest BCUT2D eigenvalue weighted by Crippen LogP contribution is 2.12. The number of hydrogen-bond acceptors (Lipinski definition) is 1. The molecule has 0 saturated carbocycles. The van der Waals surface area contributed by atoms with Crippen molar-refractivity contribution in [1.82, 2.24) is 0 Å². The van der Waals surface area contributed by atoms with Gasteiger partial charge in [-0.2, -0.15) is 9.83 Å². The second-order valence-corrected chi connectivity index (χ2v) is 5.01. The molecule has 0 aliphatic rings. The van der Waals surface area contributed by atoms with Gasteiger partial charge in [0.25, 0.3) is 0 Å². The molecule has 0 fully saturated rings. The largest absolute Gasteiger partial charge is 1.00 e. The average Bonchev–Trinajstić information content (AvgIpc) is 2.48. The van der Waals surface area contributed by atoms with E-state index in [0.717, 1.165) is 6.54 Å². The third-order valence-electron chi connectivity index (χ3n) is 3.47. The third kappa shape index (κ3) is 3.29. The lowest BCUT2D eigenvalue weighted by Gasteiger charge is -2.03. The Kier molecular flexibility index (Phi) is 4.72. The molecule has 0 saturated heterocycles. The first-order valence-electron chi connectivity index (χ1n) is 6.64. The standard InChI is InChI=1S/C18H15N2.BrH/c1-14-4-9-18-17(11-14)3-2-10-20(18)13-16-7-5-15(12-19)6-8-16;/h2-11H,13H2,1H3;1H/q+1;/p-1. The lowest BCUT2D eigenvalue weighted by atomic mass is 10.1. The van der Waals surface area contributed by atoms with Crippen molar-refractivity contribution in [3.05, 3.63) is 77.5 Å². The number of pyridine rings is 1. The molecule has 3 rings (SSSR count). The molecule has 2 nitrogen and oxygen atoms in total. The van der Waals surface area contributed by atoms with Crippen LogP contribution >= 0.6 is 0 Å². The Bertz CT molecular complexity index is 802. The summed E-state index contributed by atoms with van der Waals surface area (Å²) in [6, 6.07) is 20.6. The zero-order valence-electron chi connectivity index (χ0n) is 11.8. The first-order chi connectivity index (χ1) is 9.76. The van der Waals surface area contributed by atoms with Crippen molar-refractivity contribution in [3.8, 4) is 6.07 Å². The van der Waals surface area contributed by atoms with Gasteiger partial charge < -0.3 is 17.0 Å². The van der Waals surface area contributed by atoms with Crippen LogP contribution in [0.2, 0.25) is 0 Å². The summed E-state index contributed by atoms with van der Waals surface area (Å²) in [5, 5.41) is 10.1. The molecule has 0 atom stereocenters. The summed E-state index contributed by atoms with van der Waals surface area (Å²) in [5.41, 5.74) is 4.39. The van der Waals surface area contributed by atoms with Crippen LogP contribution in [0.4, 0.5) is 0 Å². The summed E-state index contributed by atoms with van der Waals surface area (Å²) in [5.74, 6) is 0. The van der Waals surface area contributed by atoms with Crippen LogP contribution in [0.3, 0.4) is 0 Å². The Labute approximate surface area is 135 Å². The molecule has 0 spiro atoms. The van der Waals surface area contributed by atoms with Crippen LogP contribution in [0.15, 0.2) is 60.8 Å². The summed E-state index contributed by atoms with van der Waals surface area (Å²) in [7, 11) is 0. The van der Waals surface area contributed by atoms with Gasteiger partial charge in [-0.1, -0.05) is 23.8 Å². The molecule has 104 valence electrons. The van der Waals surface area contributed by atoms with E-state index < -0.39 is 0 Å². The summed E-state index contributed by atoms with van der Waals surface area (Å²) in [4.78, 5) is 0. The van der Waals surface area contributed by atoms with E-state index in [1.54, 1.807) is 0 Å². The minimum absolute atomic E-state index is 0. The molecule has 2 aromatic carbocycles. The van der Waals surface area contributed by atoms with Crippen LogP contribution in [0, 0.1) is 18.3 Å². The van der Waals surface area contributed by atoms with E-state index in [1.807, 2.05) is 24.3 Å². The van der Waals surface area contributed by atoms with E-state index in [1.165, 1.54) is 22.0 Å². The van der Waals surface area contributed by atoms with Crippen molar-refractivity contribution < 1.29 is 21.5 Å². The van der Waals surface area contributed by atoms with Gasteiger partial charge in [-0.3, -0.25) is 0 Å². The van der Waals surface area contributed by atoms with Crippen molar-refractivity contribution >= 4 is 10.9 Å². The molecule has 0 aliphatic carbocycles. The first kappa shape index (κ1) is 15.2. The van der Waals surface area contributed by atoms with Gasteiger partial charge in [-0.15, -0.1) is 0 Å². The lowest BCUT2D eigenvalue weighted by molar-refractivity contribution is -0.662. The Balaban J connectivity index is 0.00000161. The molecule has 3 heteroatoms. The van der Waals surface area contributed by atoms with Gasteiger partial charge in [0.05, 0.1) is 11.6 Å². The molecule has 1 heterocycles. The second kappa shape index (κ2) is 6.51. The molecular formula is C18H15BrN2. The van der Waals surface area contributed by atoms with E-state index in [2.05, 4.69) is 54.1 Å². The van der Waals surface area contributed by atoms with Gasteiger partial charge in [0.1, 0.15) is 0 Å². The Morgan fingerprint density at radius 3 is 2.52 bits per heavy atom. The van der Waals surface area contributed by atoms with Gasteiger partial charge in [-0.05, 0) is 31.2 Å². The second-order valence-electron chi connectivity index (χ2n) is 5.01. The van der Waals surface area contributed by atoms with Crippen LogP contribution in [-0.4, -0.2) is 0 Å². The zero-order chi connectivity index (χ0) is 13.9. The molecule has 0 N–H and O–H groups in total. The lowest BCUT2D eigenvalue weighted by Crippen LogP contribution is -3.00. The number of halogens is 1. The van der Waals surface area contributed by atoms with E-state index >= 15 is 0 Å². The molecule has 0 radical (unpaired) electrons.